The molecule has 0 saturated carbocycles. The molecule has 1 rings (SSSR count). The first-order valence-electron chi connectivity index (χ1n) is 3.71. The van der Waals surface area contributed by atoms with Crippen molar-refractivity contribution in [2.45, 2.75) is 6.18 Å². The molecule has 0 aliphatic heterocycles. The Hall–Kier alpha value is -1.36. The van der Waals surface area contributed by atoms with Crippen LogP contribution in [0.25, 0.3) is 0 Å². The third-order valence-electron chi connectivity index (χ3n) is 1.69. The molecule has 0 bridgehead atoms. The number of hydrogen-bond donors (Lipinski definition) is 0. The maximum Gasteiger partial charge on any atom is 0.418 e. The molecule has 0 aromatic heterocycles. The van der Waals surface area contributed by atoms with Crippen molar-refractivity contribution in [3.8, 4) is 0 Å². The third kappa shape index (κ3) is 2.36. The van der Waals surface area contributed by atoms with Gasteiger partial charge >= 0.3 is 6.18 Å². The summed E-state index contributed by atoms with van der Waals surface area (Å²) in [4.78, 5) is 20.8. The minimum atomic E-state index is -4.71. The molecule has 0 saturated heterocycles. The molecule has 0 aliphatic carbocycles. The Labute approximate surface area is 87.6 Å². The predicted molar refractivity (Wildman–Crippen MR) is 47.2 cm³/mol. The van der Waals surface area contributed by atoms with Crippen LogP contribution in [0.1, 0.15) is 26.3 Å². The molecule has 0 N–H and O–H groups in total. The Morgan fingerprint density at radius 2 is 1.73 bits per heavy atom. The molecule has 0 amide bonds. The Kier molecular flexibility index (Phi) is 3.14. The lowest BCUT2D eigenvalue weighted by Crippen LogP contribution is -2.10. The molecule has 0 atom stereocenters. The van der Waals surface area contributed by atoms with Crippen LogP contribution in [-0.2, 0) is 6.18 Å². The maximum absolute atomic E-state index is 12.4. The number of benzene rings is 1. The van der Waals surface area contributed by atoms with E-state index in [4.69, 9.17) is 11.6 Å². The highest BCUT2D eigenvalue weighted by Crippen LogP contribution is 2.37. The molecule has 0 unspecified atom stereocenters. The van der Waals surface area contributed by atoms with Crippen molar-refractivity contribution in [1.29, 1.82) is 0 Å². The Morgan fingerprint density at radius 3 is 2.13 bits per heavy atom. The van der Waals surface area contributed by atoms with Crippen LogP contribution in [-0.4, -0.2) is 12.6 Å². The van der Waals surface area contributed by atoms with Gasteiger partial charge in [0.25, 0.3) is 0 Å². The van der Waals surface area contributed by atoms with Crippen molar-refractivity contribution >= 4 is 24.2 Å². The summed E-state index contributed by atoms with van der Waals surface area (Å²) in [5.41, 5.74) is -1.93. The first kappa shape index (κ1) is 11.7. The van der Waals surface area contributed by atoms with E-state index in [1.54, 1.807) is 0 Å². The van der Waals surface area contributed by atoms with E-state index in [-0.39, 0.29) is 11.8 Å². The second-order valence-electron chi connectivity index (χ2n) is 2.70. The summed E-state index contributed by atoms with van der Waals surface area (Å²) in [5.74, 6) is 0. The molecule has 0 aliphatic rings. The molecule has 2 nitrogen and oxygen atoms in total. The van der Waals surface area contributed by atoms with Crippen LogP contribution in [0.3, 0.4) is 0 Å². The van der Waals surface area contributed by atoms with E-state index in [9.17, 15) is 22.8 Å². The van der Waals surface area contributed by atoms with Crippen molar-refractivity contribution in [3.05, 3.63) is 33.8 Å². The van der Waals surface area contributed by atoms with Crippen LogP contribution >= 0.6 is 11.6 Å². The van der Waals surface area contributed by atoms with Gasteiger partial charge in [-0.2, -0.15) is 13.2 Å². The van der Waals surface area contributed by atoms with Gasteiger partial charge in [0.15, 0.2) is 6.29 Å². The summed E-state index contributed by atoms with van der Waals surface area (Å²) in [6.07, 6.45) is -4.38. The van der Waals surface area contributed by atoms with Gasteiger partial charge in [-0.1, -0.05) is 11.6 Å². The smallest absolute Gasteiger partial charge is 0.298 e. The SMILES string of the molecule is O=Cc1cc(Cl)c(C(F)(F)F)c(C=O)c1. The molecule has 6 heteroatoms. The first-order chi connectivity index (χ1) is 6.90. The third-order valence-corrected chi connectivity index (χ3v) is 1.99. The quantitative estimate of drug-likeness (QED) is 0.740. The van der Waals surface area contributed by atoms with Crippen molar-refractivity contribution in [2.75, 3.05) is 0 Å². The molecule has 0 radical (unpaired) electrons. The molecule has 1 aromatic carbocycles. The van der Waals surface area contributed by atoms with E-state index >= 15 is 0 Å². The fraction of sp³-hybridized carbons (Fsp3) is 0.111. The average molecular weight is 237 g/mol. The van der Waals surface area contributed by atoms with Gasteiger partial charge in [-0.25, -0.2) is 0 Å². The number of rotatable bonds is 2. The van der Waals surface area contributed by atoms with Crippen LogP contribution in [0.15, 0.2) is 12.1 Å². The summed E-state index contributed by atoms with van der Waals surface area (Å²) in [5, 5.41) is -0.658. The molecular formula is C9H4ClF3O2. The van der Waals surface area contributed by atoms with Crippen LogP contribution in [0.4, 0.5) is 13.2 Å². The highest BCUT2D eigenvalue weighted by molar-refractivity contribution is 6.32. The lowest BCUT2D eigenvalue weighted by molar-refractivity contribution is -0.137. The Bertz CT molecular complexity index is 413. The monoisotopic (exact) mass is 236 g/mol. The van der Waals surface area contributed by atoms with Crippen molar-refractivity contribution < 1.29 is 22.8 Å². The summed E-state index contributed by atoms with van der Waals surface area (Å²) >= 11 is 5.34. The van der Waals surface area contributed by atoms with Crippen molar-refractivity contribution in [1.82, 2.24) is 0 Å². The minimum Gasteiger partial charge on any atom is -0.298 e. The van der Waals surface area contributed by atoms with Gasteiger partial charge in [-0.3, -0.25) is 9.59 Å². The largest absolute Gasteiger partial charge is 0.418 e. The van der Waals surface area contributed by atoms with Crippen LogP contribution in [0.2, 0.25) is 5.02 Å². The van der Waals surface area contributed by atoms with Crippen LogP contribution in [0, 0.1) is 0 Å². The van der Waals surface area contributed by atoms with Crippen LogP contribution in [0.5, 0.6) is 0 Å². The number of alkyl halides is 3. The highest BCUT2D eigenvalue weighted by Gasteiger charge is 2.36. The minimum absolute atomic E-state index is 0.0156. The number of carbonyl (C=O) groups is 2. The van der Waals surface area contributed by atoms with E-state index in [2.05, 4.69) is 0 Å². The maximum atomic E-state index is 12.4. The zero-order valence-corrected chi connectivity index (χ0v) is 7.89. The molecule has 0 fully saturated rings. The predicted octanol–water partition coefficient (Wildman–Crippen LogP) is 2.98. The summed E-state index contributed by atoms with van der Waals surface area (Å²) in [6.45, 7) is 0. The van der Waals surface area contributed by atoms with Gasteiger partial charge < -0.3 is 0 Å². The lowest BCUT2D eigenvalue weighted by atomic mass is 10.0. The van der Waals surface area contributed by atoms with E-state index in [0.717, 1.165) is 12.1 Å². The fourth-order valence-corrected chi connectivity index (χ4v) is 1.45. The van der Waals surface area contributed by atoms with Gasteiger partial charge in [0.1, 0.15) is 6.29 Å². The van der Waals surface area contributed by atoms with E-state index < -0.39 is 22.3 Å². The number of hydrogen-bond acceptors (Lipinski definition) is 2. The summed E-state index contributed by atoms with van der Waals surface area (Å²) in [7, 11) is 0. The van der Waals surface area contributed by atoms with E-state index in [1.807, 2.05) is 0 Å². The highest BCUT2D eigenvalue weighted by atomic mass is 35.5. The molecule has 80 valence electrons. The summed E-state index contributed by atoms with van der Waals surface area (Å²) in [6, 6.07) is 1.71. The molecule has 1 aromatic rings. The number of aldehydes is 2. The van der Waals surface area contributed by atoms with E-state index in [0.29, 0.717) is 6.29 Å². The van der Waals surface area contributed by atoms with Gasteiger partial charge in [0, 0.05) is 11.1 Å². The normalized spacial score (nSPS) is 11.2. The second kappa shape index (κ2) is 4.02. The molecule has 0 spiro atoms. The fourth-order valence-electron chi connectivity index (χ4n) is 1.11. The number of halogens is 4. The van der Waals surface area contributed by atoms with Gasteiger partial charge in [-0.05, 0) is 12.1 Å². The van der Waals surface area contributed by atoms with Crippen molar-refractivity contribution in [2.24, 2.45) is 0 Å². The zero-order chi connectivity index (χ0) is 11.6. The molecule has 0 heterocycles. The standard InChI is InChI=1S/C9H4ClF3O2/c10-7-2-5(3-14)1-6(4-15)8(7)9(11,12)13/h1-4H. The van der Waals surface area contributed by atoms with E-state index in [1.165, 1.54) is 0 Å². The topological polar surface area (TPSA) is 34.1 Å². The van der Waals surface area contributed by atoms with Gasteiger partial charge in [0.2, 0.25) is 0 Å². The Balaban J connectivity index is 3.51. The Morgan fingerprint density at radius 1 is 1.13 bits per heavy atom. The number of carbonyl (C=O) groups excluding carboxylic acids is 2. The zero-order valence-electron chi connectivity index (χ0n) is 7.14. The van der Waals surface area contributed by atoms with Crippen molar-refractivity contribution in [3.63, 3.8) is 0 Å². The molecule has 15 heavy (non-hydrogen) atoms. The van der Waals surface area contributed by atoms with Crippen LogP contribution < -0.4 is 0 Å². The average Bonchev–Trinajstić information content (AvgIpc) is 2.14. The lowest BCUT2D eigenvalue weighted by Gasteiger charge is -2.11. The summed E-state index contributed by atoms with van der Waals surface area (Å²) < 4.78 is 37.2. The van der Waals surface area contributed by atoms with Gasteiger partial charge in [0.05, 0.1) is 10.6 Å². The molecular weight excluding hydrogens is 233 g/mol. The first-order valence-corrected chi connectivity index (χ1v) is 4.09. The van der Waals surface area contributed by atoms with Gasteiger partial charge in [-0.15, -0.1) is 0 Å². The second-order valence-corrected chi connectivity index (χ2v) is 3.11.